The van der Waals surface area contributed by atoms with Crippen LogP contribution in [0, 0.1) is 20.2 Å². The van der Waals surface area contributed by atoms with Crippen molar-refractivity contribution >= 4 is 46.5 Å². The second-order valence-electron chi connectivity index (χ2n) is 6.24. The first kappa shape index (κ1) is 24.0. The third-order valence-corrected chi connectivity index (χ3v) is 4.50. The molecule has 31 heavy (non-hydrogen) atoms. The molecule has 0 aliphatic rings. The molecule has 0 amide bonds. The van der Waals surface area contributed by atoms with Gasteiger partial charge in [-0.05, 0) is 30.7 Å². The molecule has 0 aliphatic heterocycles. The predicted molar refractivity (Wildman–Crippen MR) is 110 cm³/mol. The number of carbonyl (C=O) groups excluding carboxylic acids is 2. The summed E-state index contributed by atoms with van der Waals surface area (Å²) in [5, 5.41) is 22.4. The second kappa shape index (κ2) is 11.2. The zero-order valence-electron chi connectivity index (χ0n) is 15.9. The van der Waals surface area contributed by atoms with E-state index in [-0.39, 0.29) is 65.0 Å². The van der Waals surface area contributed by atoms with E-state index in [0.29, 0.717) is 0 Å². The van der Waals surface area contributed by atoms with Crippen LogP contribution in [0.4, 0.5) is 11.4 Å². The fourth-order valence-electron chi connectivity index (χ4n) is 2.50. The van der Waals surface area contributed by atoms with Gasteiger partial charge in [-0.15, -0.1) is 0 Å². The van der Waals surface area contributed by atoms with E-state index in [0.717, 1.165) is 12.1 Å². The molecule has 164 valence electrons. The highest BCUT2D eigenvalue weighted by Crippen LogP contribution is 2.25. The van der Waals surface area contributed by atoms with Crippen LogP contribution < -0.4 is 0 Å². The van der Waals surface area contributed by atoms with Crippen LogP contribution in [0.3, 0.4) is 0 Å². The number of carbonyl (C=O) groups is 2. The number of benzene rings is 2. The highest BCUT2D eigenvalue weighted by atomic mass is 35.5. The minimum Gasteiger partial charge on any atom is -0.461 e. The van der Waals surface area contributed by atoms with E-state index in [2.05, 4.69) is 0 Å². The van der Waals surface area contributed by atoms with Gasteiger partial charge in [0.05, 0.1) is 21.0 Å². The van der Waals surface area contributed by atoms with Crippen molar-refractivity contribution in [3.63, 3.8) is 0 Å². The number of rotatable bonds is 10. The van der Waals surface area contributed by atoms with Crippen molar-refractivity contribution < 1.29 is 28.9 Å². The molecule has 0 saturated carbocycles. The van der Waals surface area contributed by atoms with Crippen molar-refractivity contribution in [2.45, 2.75) is 32.5 Å². The first-order valence-corrected chi connectivity index (χ1v) is 9.60. The van der Waals surface area contributed by atoms with Crippen LogP contribution in [0.2, 0.25) is 10.0 Å². The maximum atomic E-state index is 11.8. The summed E-state index contributed by atoms with van der Waals surface area (Å²) < 4.78 is 9.99. The highest BCUT2D eigenvalue weighted by molar-refractivity contribution is 6.31. The smallest absolute Gasteiger partial charge is 0.306 e. The standard InChI is InChI=1S/C19H16Cl2N2O8/c20-14-6-4-12(16(8-14)22(26)27)10-30-18(24)2-1-3-19(25)31-11-13-5-7-15(21)9-17(13)23(28)29/h4-9H,1-3,10-11H2. The van der Waals surface area contributed by atoms with E-state index in [1.54, 1.807) is 0 Å². The lowest BCUT2D eigenvalue weighted by atomic mass is 10.2. The molecule has 0 fully saturated rings. The lowest BCUT2D eigenvalue weighted by molar-refractivity contribution is -0.386. The third kappa shape index (κ3) is 7.50. The SMILES string of the molecule is O=C(CCCC(=O)OCc1ccc(Cl)cc1[N+](=O)[O-])OCc1ccc(Cl)cc1[N+](=O)[O-]. The van der Waals surface area contributed by atoms with Crippen molar-refractivity contribution in [2.75, 3.05) is 0 Å². The van der Waals surface area contributed by atoms with Crippen molar-refractivity contribution in [1.29, 1.82) is 0 Å². The van der Waals surface area contributed by atoms with Crippen molar-refractivity contribution in [1.82, 2.24) is 0 Å². The monoisotopic (exact) mass is 470 g/mol. The lowest BCUT2D eigenvalue weighted by Crippen LogP contribution is -2.09. The van der Waals surface area contributed by atoms with Crippen LogP contribution in [0.1, 0.15) is 30.4 Å². The normalized spacial score (nSPS) is 10.4. The molecular formula is C19H16Cl2N2O8. The molecule has 0 heterocycles. The van der Waals surface area contributed by atoms with E-state index in [1.165, 1.54) is 24.3 Å². The van der Waals surface area contributed by atoms with Gasteiger partial charge in [-0.1, -0.05) is 23.2 Å². The molecule has 0 atom stereocenters. The summed E-state index contributed by atoms with van der Waals surface area (Å²) in [4.78, 5) is 44.4. The number of halogens is 2. The molecule has 0 saturated heterocycles. The summed E-state index contributed by atoms with van der Waals surface area (Å²) in [5.41, 5.74) is -0.154. The van der Waals surface area contributed by atoms with E-state index < -0.39 is 21.8 Å². The Kier molecular flexibility index (Phi) is 8.71. The largest absolute Gasteiger partial charge is 0.461 e. The lowest BCUT2D eigenvalue weighted by Gasteiger charge is -2.07. The molecule has 0 aromatic heterocycles. The molecule has 0 bridgehead atoms. The Balaban J connectivity index is 1.76. The summed E-state index contributed by atoms with van der Waals surface area (Å²) in [6.45, 7) is -0.617. The van der Waals surface area contributed by atoms with Crippen LogP contribution in [-0.2, 0) is 32.3 Å². The van der Waals surface area contributed by atoms with Gasteiger partial charge in [0.25, 0.3) is 11.4 Å². The predicted octanol–water partition coefficient (Wildman–Crippen LogP) is 4.77. The average molecular weight is 471 g/mol. The van der Waals surface area contributed by atoms with Crippen LogP contribution in [0.5, 0.6) is 0 Å². The Bertz CT molecular complexity index is 933. The Hall–Kier alpha value is -3.24. The van der Waals surface area contributed by atoms with Crippen LogP contribution in [-0.4, -0.2) is 21.8 Å². The minimum absolute atomic E-state index is 0.114. The molecule has 10 nitrogen and oxygen atoms in total. The van der Waals surface area contributed by atoms with Crippen LogP contribution in [0.15, 0.2) is 36.4 Å². The fraction of sp³-hybridized carbons (Fsp3) is 0.263. The summed E-state index contributed by atoms with van der Waals surface area (Å²) >= 11 is 11.4. The number of hydrogen-bond acceptors (Lipinski definition) is 8. The van der Waals surface area contributed by atoms with Gasteiger partial charge in [-0.25, -0.2) is 0 Å². The molecule has 2 aromatic rings. The fourth-order valence-corrected chi connectivity index (χ4v) is 2.83. The first-order chi connectivity index (χ1) is 14.7. The quantitative estimate of drug-likeness (QED) is 0.274. The molecule has 0 N–H and O–H groups in total. The van der Waals surface area contributed by atoms with Crippen LogP contribution in [0.25, 0.3) is 0 Å². The van der Waals surface area contributed by atoms with Gasteiger partial charge < -0.3 is 9.47 Å². The van der Waals surface area contributed by atoms with E-state index in [9.17, 15) is 29.8 Å². The second-order valence-corrected chi connectivity index (χ2v) is 7.11. The van der Waals surface area contributed by atoms with Gasteiger partial charge in [-0.3, -0.25) is 29.8 Å². The van der Waals surface area contributed by atoms with Gasteiger partial charge in [0.15, 0.2) is 0 Å². The van der Waals surface area contributed by atoms with E-state index >= 15 is 0 Å². The van der Waals surface area contributed by atoms with Crippen molar-refractivity contribution in [2.24, 2.45) is 0 Å². The first-order valence-electron chi connectivity index (χ1n) is 8.84. The Morgan fingerprint density at radius 1 is 0.774 bits per heavy atom. The number of nitrogens with zero attached hydrogens (tertiary/aromatic N) is 2. The highest BCUT2D eigenvalue weighted by Gasteiger charge is 2.17. The molecule has 2 rings (SSSR count). The molecule has 0 radical (unpaired) electrons. The maximum Gasteiger partial charge on any atom is 0.306 e. The van der Waals surface area contributed by atoms with Crippen molar-refractivity contribution in [3.8, 4) is 0 Å². The van der Waals surface area contributed by atoms with Gasteiger partial charge in [0.1, 0.15) is 13.2 Å². The number of hydrogen-bond donors (Lipinski definition) is 0. The molecule has 12 heteroatoms. The molecule has 0 spiro atoms. The Morgan fingerprint density at radius 2 is 1.16 bits per heavy atom. The number of nitro benzene ring substituents is 2. The van der Waals surface area contributed by atoms with E-state index in [1.807, 2.05) is 0 Å². The Morgan fingerprint density at radius 3 is 1.52 bits per heavy atom. The molecular weight excluding hydrogens is 455 g/mol. The summed E-state index contributed by atoms with van der Waals surface area (Å²) in [7, 11) is 0. The van der Waals surface area contributed by atoms with Gasteiger partial charge >= 0.3 is 11.9 Å². The zero-order valence-corrected chi connectivity index (χ0v) is 17.4. The van der Waals surface area contributed by atoms with Gasteiger partial charge in [0, 0.05) is 35.0 Å². The summed E-state index contributed by atoms with van der Waals surface area (Å²) in [6.07, 6.45) is -0.113. The van der Waals surface area contributed by atoms with Crippen LogP contribution >= 0.6 is 23.2 Å². The topological polar surface area (TPSA) is 139 Å². The summed E-state index contributed by atoms with van der Waals surface area (Å²) in [5.74, 6) is -1.30. The number of ether oxygens (including phenoxy) is 2. The number of esters is 2. The van der Waals surface area contributed by atoms with E-state index in [4.69, 9.17) is 32.7 Å². The van der Waals surface area contributed by atoms with Gasteiger partial charge in [-0.2, -0.15) is 0 Å². The molecule has 0 aliphatic carbocycles. The molecule has 0 unspecified atom stereocenters. The zero-order chi connectivity index (χ0) is 23.0. The third-order valence-electron chi connectivity index (χ3n) is 4.03. The summed E-state index contributed by atoms with van der Waals surface area (Å²) in [6, 6.07) is 7.98. The minimum atomic E-state index is -0.648. The van der Waals surface area contributed by atoms with Crippen molar-refractivity contribution in [3.05, 3.63) is 77.8 Å². The maximum absolute atomic E-state index is 11.8. The average Bonchev–Trinajstić information content (AvgIpc) is 2.71. The van der Waals surface area contributed by atoms with Gasteiger partial charge in [0.2, 0.25) is 0 Å². The Labute approximate surface area is 186 Å². The number of nitro groups is 2. The molecule has 2 aromatic carbocycles.